The van der Waals surface area contributed by atoms with Crippen LogP contribution in [-0.4, -0.2) is 7.05 Å². The number of fused-ring (bicyclic) bond motifs is 1. The lowest BCUT2D eigenvalue weighted by Gasteiger charge is -2.13. The molecule has 1 atom stereocenters. The average molecular weight is 294 g/mol. The molecule has 0 radical (unpaired) electrons. The van der Waals surface area contributed by atoms with Crippen molar-refractivity contribution in [1.82, 2.24) is 5.32 Å². The minimum absolute atomic E-state index is 0.221. The highest BCUT2D eigenvalue weighted by atomic mass is 35.5. The van der Waals surface area contributed by atoms with E-state index >= 15 is 0 Å². The Morgan fingerprint density at radius 3 is 2.72 bits per heavy atom. The maximum absolute atomic E-state index is 6.03. The molecule has 1 aromatic carbocycles. The molecule has 1 N–H and O–H groups in total. The van der Waals surface area contributed by atoms with Gasteiger partial charge in [-0.05, 0) is 41.6 Å². The standard InChI is InChI=1S/C14H12ClNS2/c1-16-14(12-6-7-13(15)18-12)10-8-17-11-5-3-2-4-9(10)11/h2-8,14,16H,1H3. The molecule has 0 aliphatic heterocycles. The smallest absolute Gasteiger partial charge is 0.0931 e. The first-order chi connectivity index (χ1) is 8.79. The normalized spacial score (nSPS) is 13.0. The van der Waals surface area contributed by atoms with Gasteiger partial charge in [-0.1, -0.05) is 29.8 Å². The lowest BCUT2D eigenvalue weighted by molar-refractivity contribution is 0.711. The molecule has 0 aliphatic rings. The van der Waals surface area contributed by atoms with Gasteiger partial charge in [0, 0.05) is 9.58 Å². The van der Waals surface area contributed by atoms with Crippen molar-refractivity contribution in [3.63, 3.8) is 0 Å². The third-order valence-electron chi connectivity index (χ3n) is 2.99. The summed E-state index contributed by atoms with van der Waals surface area (Å²) in [5, 5.41) is 6.95. The summed E-state index contributed by atoms with van der Waals surface area (Å²) in [7, 11) is 1.99. The van der Waals surface area contributed by atoms with Crippen molar-refractivity contribution in [3.8, 4) is 0 Å². The highest BCUT2D eigenvalue weighted by Crippen LogP contribution is 2.36. The Morgan fingerprint density at radius 1 is 1.17 bits per heavy atom. The Labute approximate surface area is 119 Å². The first kappa shape index (κ1) is 12.2. The van der Waals surface area contributed by atoms with Gasteiger partial charge in [-0.2, -0.15) is 0 Å². The van der Waals surface area contributed by atoms with Gasteiger partial charge in [0.25, 0.3) is 0 Å². The Hall–Kier alpha value is -0.870. The van der Waals surface area contributed by atoms with Crippen molar-refractivity contribution in [2.75, 3.05) is 7.05 Å². The van der Waals surface area contributed by atoms with Crippen LogP contribution in [0.3, 0.4) is 0 Å². The van der Waals surface area contributed by atoms with E-state index in [0.29, 0.717) is 0 Å². The van der Waals surface area contributed by atoms with Crippen LogP contribution in [0.1, 0.15) is 16.5 Å². The Balaban J connectivity index is 2.11. The van der Waals surface area contributed by atoms with Crippen molar-refractivity contribution >= 4 is 44.4 Å². The Bertz CT molecular complexity index is 671. The first-order valence-electron chi connectivity index (χ1n) is 5.68. The van der Waals surface area contributed by atoms with Crippen LogP contribution in [0, 0.1) is 0 Å². The second kappa shape index (κ2) is 5.02. The maximum Gasteiger partial charge on any atom is 0.0931 e. The third kappa shape index (κ3) is 2.08. The number of thiophene rings is 2. The third-order valence-corrected chi connectivity index (χ3v) is 5.27. The minimum Gasteiger partial charge on any atom is -0.309 e. The zero-order valence-corrected chi connectivity index (χ0v) is 12.2. The summed E-state index contributed by atoms with van der Waals surface area (Å²) < 4.78 is 2.17. The molecule has 1 nitrogen and oxygen atoms in total. The van der Waals surface area contributed by atoms with Crippen molar-refractivity contribution in [1.29, 1.82) is 0 Å². The topological polar surface area (TPSA) is 12.0 Å². The molecule has 0 saturated carbocycles. The molecule has 0 bridgehead atoms. The molecule has 0 saturated heterocycles. The summed E-state index contributed by atoms with van der Waals surface area (Å²) in [4.78, 5) is 1.26. The van der Waals surface area contributed by atoms with E-state index in [2.05, 4.69) is 41.0 Å². The van der Waals surface area contributed by atoms with Crippen molar-refractivity contribution in [3.05, 3.63) is 56.6 Å². The summed E-state index contributed by atoms with van der Waals surface area (Å²) in [5.74, 6) is 0. The van der Waals surface area contributed by atoms with Gasteiger partial charge < -0.3 is 5.32 Å². The molecule has 1 unspecified atom stereocenters. The molecule has 0 spiro atoms. The molecule has 0 amide bonds. The Morgan fingerprint density at radius 2 is 2.00 bits per heavy atom. The molecule has 92 valence electrons. The molecular formula is C14H12ClNS2. The largest absolute Gasteiger partial charge is 0.309 e. The van der Waals surface area contributed by atoms with Gasteiger partial charge in [-0.15, -0.1) is 22.7 Å². The molecule has 0 fully saturated rings. The number of halogens is 1. The van der Waals surface area contributed by atoms with Crippen molar-refractivity contribution in [2.24, 2.45) is 0 Å². The number of benzene rings is 1. The van der Waals surface area contributed by atoms with E-state index in [1.165, 1.54) is 20.5 Å². The molecule has 2 aromatic heterocycles. The Kier molecular flexibility index (Phi) is 3.39. The average Bonchev–Trinajstić information content (AvgIpc) is 2.98. The van der Waals surface area contributed by atoms with Crippen LogP contribution in [0.25, 0.3) is 10.1 Å². The van der Waals surface area contributed by atoms with Crippen molar-refractivity contribution < 1.29 is 0 Å². The number of rotatable bonds is 3. The van der Waals surface area contributed by atoms with Crippen LogP contribution in [-0.2, 0) is 0 Å². The second-order valence-corrected chi connectivity index (χ2v) is 6.71. The van der Waals surface area contributed by atoms with E-state index in [0.717, 1.165) is 4.34 Å². The predicted molar refractivity (Wildman–Crippen MR) is 82.1 cm³/mol. The van der Waals surface area contributed by atoms with Gasteiger partial charge in [0.15, 0.2) is 0 Å². The van der Waals surface area contributed by atoms with Gasteiger partial charge in [0.1, 0.15) is 0 Å². The molecule has 18 heavy (non-hydrogen) atoms. The number of nitrogens with one attached hydrogen (secondary N) is 1. The van der Waals surface area contributed by atoms with Crippen LogP contribution in [0.5, 0.6) is 0 Å². The molecule has 0 aliphatic carbocycles. The van der Waals surface area contributed by atoms with Gasteiger partial charge in [0.2, 0.25) is 0 Å². The lowest BCUT2D eigenvalue weighted by Crippen LogP contribution is -2.15. The second-order valence-electron chi connectivity index (χ2n) is 4.05. The number of hydrogen-bond acceptors (Lipinski definition) is 3. The highest BCUT2D eigenvalue weighted by molar-refractivity contribution is 7.17. The van der Waals surface area contributed by atoms with Gasteiger partial charge in [-0.3, -0.25) is 0 Å². The summed E-state index contributed by atoms with van der Waals surface area (Å²) in [6, 6.07) is 12.8. The van der Waals surface area contributed by atoms with E-state index in [4.69, 9.17) is 11.6 Å². The van der Waals surface area contributed by atoms with E-state index < -0.39 is 0 Å². The fraction of sp³-hybridized carbons (Fsp3) is 0.143. The van der Waals surface area contributed by atoms with Crippen molar-refractivity contribution in [2.45, 2.75) is 6.04 Å². The van der Waals surface area contributed by atoms with Crippen LogP contribution in [0.2, 0.25) is 4.34 Å². The van der Waals surface area contributed by atoms with Crippen LogP contribution in [0.15, 0.2) is 41.8 Å². The molecule has 3 aromatic rings. The zero-order chi connectivity index (χ0) is 12.5. The SMILES string of the molecule is CNC(c1ccc(Cl)s1)c1csc2ccccc12. The maximum atomic E-state index is 6.03. The van der Waals surface area contributed by atoms with E-state index in [1.807, 2.05) is 13.1 Å². The summed E-state index contributed by atoms with van der Waals surface area (Å²) in [5.41, 5.74) is 1.33. The fourth-order valence-corrected chi connectivity index (χ4v) is 4.33. The van der Waals surface area contributed by atoms with E-state index in [9.17, 15) is 0 Å². The van der Waals surface area contributed by atoms with Gasteiger partial charge in [-0.25, -0.2) is 0 Å². The van der Waals surface area contributed by atoms with Crippen LogP contribution in [0.4, 0.5) is 0 Å². The molecular weight excluding hydrogens is 282 g/mol. The molecule has 4 heteroatoms. The summed E-state index contributed by atoms with van der Waals surface area (Å²) >= 11 is 9.46. The number of hydrogen-bond donors (Lipinski definition) is 1. The highest BCUT2D eigenvalue weighted by Gasteiger charge is 2.17. The predicted octanol–water partition coefficient (Wildman–Crippen LogP) is 4.93. The van der Waals surface area contributed by atoms with Crippen LogP contribution < -0.4 is 5.32 Å². The zero-order valence-electron chi connectivity index (χ0n) is 9.81. The fourth-order valence-electron chi connectivity index (χ4n) is 2.16. The summed E-state index contributed by atoms with van der Waals surface area (Å²) in [6.07, 6.45) is 0. The lowest BCUT2D eigenvalue weighted by atomic mass is 10.0. The van der Waals surface area contributed by atoms with E-state index in [-0.39, 0.29) is 6.04 Å². The monoisotopic (exact) mass is 293 g/mol. The molecule has 3 rings (SSSR count). The van der Waals surface area contributed by atoms with Gasteiger partial charge >= 0.3 is 0 Å². The van der Waals surface area contributed by atoms with Crippen LogP contribution >= 0.6 is 34.3 Å². The minimum atomic E-state index is 0.221. The first-order valence-corrected chi connectivity index (χ1v) is 7.75. The van der Waals surface area contributed by atoms with Gasteiger partial charge in [0.05, 0.1) is 10.4 Å². The quantitative estimate of drug-likeness (QED) is 0.722. The van der Waals surface area contributed by atoms with E-state index in [1.54, 1.807) is 22.7 Å². The summed E-state index contributed by atoms with van der Waals surface area (Å²) in [6.45, 7) is 0. The molecule has 2 heterocycles.